The average molecular weight is 292 g/mol. The Morgan fingerprint density at radius 3 is 2.10 bits per heavy atom. The fourth-order valence-corrected chi connectivity index (χ4v) is 1.56. The number of halogens is 5. The summed E-state index contributed by atoms with van der Waals surface area (Å²) in [4.78, 5) is 3.27. The normalized spacial score (nSPS) is 12.7. The number of aromatic nitrogens is 1. The molecule has 0 fully saturated rings. The van der Waals surface area contributed by atoms with E-state index < -0.39 is 18.0 Å². The summed E-state index contributed by atoms with van der Waals surface area (Å²) in [5.74, 6) is -6.94. The zero-order valence-electron chi connectivity index (χ0n) is 10.1. The number of oxazole rings is 1. The zero-order valence-corrected chi connectivity index (χ0v) is 10.1. The van der Waals surface area contributed by atoms with Crippen LogP contribution in [0.5, 0.6) is 0 Å². The highest BCUT2D eigenvalue weighted by molar-refractivity contribution is 5.63. The van der Waals surface area contributed by atoms with E-state index in [1.165, 1.54) is 31.2 Å². The van der Waals surface area contributed by atoms with Gasteiger partial charge in [-0.25, -0.2) is 4.98 Å². The Morgan fingerprint density at radius 2 is 1.60 bits per heavy atom. The molecular weight excluding hydrogens is 283 g/mol. The molecule has 0 saturated carbocycles. The molecule has 1 aromatic carbocycles. The van der Waals surface area contributed by atoms with E-state index in [9.17, 15) is 22.0 Å². The highest BCUT2D eigenvalue weighted by Gasteiger charge is 2.62. The molecule has 8 heteroatoms. The fraction of sp³-hybridized carbons (Fsp3) is 0.250. The molecule has 2 rings (SSSR count). The SMILES string of the molecule is Cc1oc(C(F)(F)C(F)(F)F)nc1-c1ccc(N)cc1. The first kappa shape index (κ1) is 14.3. The van der Waals surface area contributed by atoms with Gasteiger partial charge in [0.05, 0.1) is 0 Å². The predicted molar refractivity (Wildman–Crippen MR) is 61.0 cm³/mol. The van der Waals surface area contributed by atoms with Crippen molar-refractivity contribution in [3.63, 3.8) is 0 Å². The molecule has 3 nitrogen and oxygen atoms in total. The number of hydrogen-bond donors (Lipinski definition) is 1. The van der Waals surface area contributed by atoms with E-state index in [2.05, 4.69) is 9.40 Å². The minimum atomic E-state index is -5.76. The van der Waals surface area contributed by atoms with Crippen LogP contribution in [0.2, 0.25) is 0 Å². The average Bonchev–Trinajstić information content (AvgIpc) is 2.71. The van der Waals surface area contributed by atoms with Gasteiger partial charge in [-0.2, -0.15) is 22.0 Å². The second-order valence-electron chi connectivity index (χ2n) is 4.12. The lowest BCUT2D eigenvalue weighted by Crippen LogP contribution is -2.33. The Kier molecular flexibility index (Phi) is 3.19. The van der Waals surface area contributed by atoms with Gasteiger partial charge >= 0.3 is 12.1 Å². The van der Waals surface area contributed by atoms with Crippen LogP contribution in [0.1, 0.15) is 11.7 Å². The Morgan fingerprint density at radius 1 is 1.05 bits per heavy atom. The van der Waals surface area contributed by atoms with Gasteiger partial charge in [-0.1, -0.05) is 12.1 Å². The summed E-state index contributed by atoms with van der Waals surface area (Å²) in [5, 5.41) is 0. The Labute approximate surface area is 110 Å². The molecule has 0 spiro atoms. The van der Waals surface area contributed by atoms with Crippen LogP contribution in [0.15, 0.2) is 28.7 Å². The van der Waals surface area contributed by atoms with Crippen molar-refractivity contribution in [3.8, 4) is 11.3 Å². The molecule has 1 aromatic heterocycles. The monoisotopic (exact) mass is 292 g/mol. The van der Waals surface area contributed by atoms with Gasteiger partial charge in [0.25, 0.3) is 5.89 Å². The minimum absolute atomic E-state index is 0.0797. The first-order valence-corrected chi connectivity index (χ1v) is 5.41. The van der Waals surface area contributed by atoms with Crippen molar-refractivity contribution in [3.05, 3.63) is 35.9 Å². The number of aryl methyl sites for hydroxylation is 1. The maximum Gasteiger partial charge on any atom is 0.463 e. The molecule has 0 bridgehead atoms. The molecule has 20 heavy (non-hydrogen) atoms. The van der Waals surface area contributed by atoms with Crippen LogP contribution in [0.4, 0.5) is 27.6 Å². The molecular formula is C12H9F5N2O. The number of benzene rings is 1. The van der Waals surface area contributed by atoms with Crippen LogP contribution in [-0.4, -0.2) is 11.2 Å². The quantitative estimate of drug-likeness (QED) is 0.675. The standard InChI is InChI=1S/C12H9F5N2O/c1-6-9(7-2-4-8(18)5-3-7)19-10(20-6)11(13,14)12(15,16)17/h2-5H,18H2,1H3. The van der Waals surface area contributed by atoms with E-state index in [0.717, 1.165) is 0 Å². The third kappa shape index (κ3) is 2.33. The molecule has 0 atom stereocenters. The van der Waals surface area contributed by atoms with Gasteiger partial charge in [-0.15, -0.1) is 0 Å². The van der Waals surface area contributed by atoms with Gasteiger partial charge in [0.1, 0.15) is 11.5 Å². The molecule has 108 valence electrons. The number of rotatable bonds is 2. The summed E-state index contributed by atoms with van der Waals surface area (Å²) in [5.41, 5.74) is 6.15. The Balaban J connectivity index is 2.47. The van der Waals surface area contributed by atoms with Crippen LogP contribution < -0.4 is 5.73 Å². The second kappa shape index (κ2) is 4.46. The van der Waals surface area contributed by atoms with Crippen LogP contribution in [0, 0.1) is 6.92 Å². The van der Waals surface area contributed by atoms with E-state index in [0.29, 0.717) is 11.3 Å². The lowest BCUT2D eigenvalue weighted by molar-refractivity contribution is -0.297. The van der Waals surface area contributed by atoms with E-state index >= 15 is 0 Å². The number of nitrogens with zero attached hydrogens (tertiary/aromatic N) is 1. The van der Waals surface area contributed by atoms with Crippen molar-refractivity contribution in [2.24, 2.45) is 0 Å². The van der Waals surface area contributed by atoms with Crippen molar-refractivity contribution < 1.29 is 26.4 Å². The van der Waals surface area contributed by atoms with E-state index in [4.69, 9.17) is 5.73 Å². The van der Waals surface area contributed by atoms with Gasteiger partial charge in [-0.3, -0.25) is 0 Å². The van der Waals surface area contributed by atoms with Crippen LogP contribution in [-0.2, 0) is 5.92 Å². The van der Waals surface area contributed by atoms with Gasteiger partial charge < -0.3 is 10.2 Å². The molecule has 0 unspecified atom stereocenters. The fourth-order valence-electron chi connectivity index (χ4n) is 1.56. The second-order valence-corrected chi connectivity index (χ2v) is 4.12. The molecule has 0 aliphatic rings. The van der Waals surface area contributed by atoms with Crippen LogP contribution >= 0.6 is 0 Å². The van der Waals surface area contributed by atoms with Crippen molar-refractivity contribution in [2.45, 2.75) is 19.0 Å². The predicted octanol–water partition coefficient (Wildman–Crippen LogP) is 3.89. The van der Waals surface area contributed by atoms with Gasteiger partial charge in [-0.05, 0) is 19.1 Å². The smallest absolute Gasteiger partial charge is 0.440 e. The lowest BCUT2D eigenvalue weighted by atomic mass is 10.1. The summed E-state index contributed by atoms with van der Waals surface area (Å²) in [7, 11) is 0. The number of alkyl halides is 5. The zero-order chi connectivity index (χ0) is 15.1. The first-order chi connectivity index (χ1) is 9.13. The summed E-state index contributed by atoms with van der Waals surface area (Å²) in [6, 6.07) is 5.86. The van der Waals surface area contributed by atoms with E-state index in [-0.39, 0.29) is 11.5 Å². The van der Waals surface area contributed by atoms with Gasteiger partial charge in [0, 0.05) is 11.3 Å². The molecule has 0 amide bonds. The Bertz CT molecular complexity index is 616. The van der Waals surface area contributed by atoms with E-state index in [1.807, 2.05) is 0 Å². The molecule has 2 aromatic rings. The lowest BCUT2D eigenvalue weighted by Gasteiger charge is -2.15. The van der Waals surface area contributed by atoms with Crippen molar-refractivity contribution in [1.82, 2.24) is 4.98 Å². The first-order valence-electron chi connectivity index (χ1n) is 5.41. The number of anilines is 1. The topological polar surface area (TPSA) is 52.0 Å². The summed E-state index contributed by atoms with van der Waals surface area (Å²) >= 11 is 0. The number of nitrogen functional groups attached to an aromatic ring is 1. The Hall–Kier alpha value is -2.12. The molecule has 2 N–H and O–H groups in total. The summed E-state index contributed by atoms with van der Waals surface area (Å²) < 4.78 is 67.5. The highest BCUT2D eigenvalue weighted by Crippen LogP contribution is 2.44. The summed E-state index contributed by atoms with van der Waals surface area (Å²) in [6.45, 7) is 1.26. The van der Waals surface area contributed by atoms with Gasteiger partial charge in [0.15, 0.2) is 0 Å². The van der Waals surface area contributed by atoms with Crippen molar-refractivity contribution >= 4 is 5.69 Å². The van der Waals surface area contributed by atoms with Gasteiger partial charge in [0.2, 0.25) is 0 Å². The van der Waals surface area contributed by atoms with Crippen LogP contribution in [0.3, 0.4) is 0 Å². The highest BCUT2D eigenvalue weighted by atomic mass is 19.4. The molecule has 0 aliphatic heterocycles. The minimum Gasteiger partial charge on any atom is -0.440 e. The molecule has 0 radical (unpaired) electrons. The third-order valence-corrected chi connectivity index (χ3v) is 2.61. The maximum absolute atomic E-state index is 13.1. The molecule has 0 saturated heterocycles. The molecule has 1 heterocycles. The third-order valence-electron chi connectivity index (χ3n) is 2.61. The number of hydrogen-bond acceptors (Lipinski definition) is 3. The van der Waals surface area contributed by atoms with E-state index in [1.54, 1.807) is 0 Å². The number of nitrogens with two attached hydrogens (primary N) is 1. The summed E-state index contributed by atoms with van der Waals surface area (Å²) in [6.07, 6.45) is -5.76. The largest absolute Gasteiger partial charge is 0.463 e. The van der Waals surface area contributed by atoms with Crippen LogP contribution in [0.25, 0.3) is 11.3 Å². The van der Waals surface area contributed by atoms with Crippen molar-refractivity contribution in [1.29, 1.82) is 0 Å². The molecule has 0 aliphatic carbocycles. The van der Waals surface area contributed by atoms with Crippen molar-refractivity contribution in [2.75, 3.05) is 5.73 Å². The maximum atomic E-state index is 13.1.